The van der Waals surface area contributed by atoms with Gasteiger partial charge in [-0.15, -0.1) is 0 Å². The van der Waals surface area contributed by atoms with E-state index in [0.29, 0.717) is 5.75 Å². The molecule has 0 unspecified atom stereocenters. The maximum absolute atomic E-state index is 12.1. The van der Waals surface area contributed by atoms with Crippen molar-refractivity contribution in [1.82, 2.24) is 5.43 Å². The van der Waals surface area contributed by atoms with Crippen molar-refractivity contribution in [3.63, 3.8) is 0 Å². The highest BCUT2D eigenvalue weighted by Gasteiger charge is 2.15. The molecule has 0 bridgehead atoms. The molecule has 1 amide bonds. The molecule has 26 heavy (non-hydrogen) atoms. The van der Waals surface area contributed by atoms with E-state index in [-0.39, 0.29) is 17.9 Å². The van der Waals surface area contributed by atoms with Gasteiger partial charge in [0.05, 0.1) is 5.71 Å². The molecule has 0 heterocycles. The predicted octanol–water partition coefficient (Wildman–Crippen LogP) is 4.22. The number of hydrogen-bond acceptors (Lipinski definition) is 3. The lowest BCUT2D eigenvalue weighted by molar-refractivity contribution is -0.123. The second kappa shape index (κ2) is 7.73. The van der Waals surface area contributed by atoms with Gasteiger partial charge in [0.25, 0.3) is 5.91 Å². The van der Waals surface area contributed by atoms with Crippen LogP contribution < -0.4 is 10.2 Å². The number of hydrazone groups is 1. The van der Waals surface area contributed by atoms with Crippen LogP contribution in [-0.2, 0) is 16.6 Å². The van der Waals surface area contributed by atoms with E-state index in [4.69, 9.17) is 4.74 Å². The van der Waals surface area contributed by atoms with Gasteiger partial charge in [-0.25, -0.2) is 5.43 Å². The van der Waals surface area contributed by atoms with Gasteiger partial charge in [0.2, 0.25) is 0 Å². The minimum atomic E-state index is -0.250. The normalized spacial score (nSPS) is 15.4. The third-order valence-electron chi connectivity index (χ3n) is 4.59. The molecule has 0 saturated carbocycles. The SMILES string of the molecule is CC(C)(C)c1ccc(OCC(=O)N/N=C2/CCCc3ccccc32)cc1. The Hall–Kier alpha value is -2.62. The molecule has 0 fully saturated rings. The topological polar surface area (TPSA) is 50.7 Å². The second-order valence-corrected chi connectivity index (χ2v) is 7.67. The van der Waals surface area contributed by atoms with Crippen molar-refractivity contribution < 1.29 is 9.53 Å². The average molecular weight is 350 g/mol. The standard InChI is InChI=1S/C22H26N2O2/c1-22(2,3)17-11-13-18(14-12-17)26-15-21(25)24-23-20-10-6-8-16-7-4-5-9-19(16)20/h4-5,7,9,11-14H,6,8,10,15H2,1-3H3,(H,24,25)/b23-20-. The van der Waals surface area contributed by atoms with E-state index in [1.54, 1.807) is 0 Å². The van der Waals surface area contributed by atoms with Crippen LogP contribution in [0.4, 0.5) is 0 Å². The van der Waals surface area contributed by atoms with Gasteiger partial charge in [0, 0.05) is 5.56 Å². The van der Waals surface area contributed by atoms with Gasteiger partial charge in [0.15, 0.2) is 6.61 Å². The fourth-order valence-electron chi connectivity index (χ4n) is 3.08. The Morgan fingerprint density at radius 1 is 1.08 bits per heavy atom. The molecule has 3 rings (SSSR count). The number of hydrogen-bond donors (Lipinski definition) is 1. The molecule has 136 valence electrons. The Balaban J connectivity index is 1.55. The first-order chi connectivity index (χ1) is 12.4. The molecular weight excluding hydrogens is 324 g/mol. The third-order valence-corrected chi connectivity index (χ3v) is 4.59. The molecule has 0 saturated heterocycles. The molecule has 1 N–H and O–H groups in total. The molecule has 2 aromatic carbocycles. The van der Waals surface area contributed by atoms with Gasteiger partial charge in [0.1, 0.15) is 5.75 Å². The van der Waals surface area contributed by atoms with Gasteiger partial charge in [-0.1, -0.05) is 57.2 Å². The third kappa shape index (κ3) is 4.51. The van der Waals surface area contributed by atoms with Gasteiger partial charge in [-0.2, -0.15) is 5.10 Å². The molecule has 4 nitrogen and oxygen atoms in total. The van der Waals surface area contributed by atoms with Gasteiger partial charge >= 0.3 is 0 Å². The predicted molar refractivity (Wildman–Crippen MR) is 105 cm³/mol. The zero-order valence-corrected chi connectivity index (χ0v) is 15.7. The molecule has 4 heteroatoms. The first-order valence-electron chi connectivity index (χ1n) is 9.10. The van der Waals surface area contributed by atoms with Crippen LogP contribution >= 0.6 is 0 Å². The summed E-state index contributed by atoms with van der Waals surface area (Å²) in [5.74, 6) is 0.435. The Morgan fingerprint density at radius 3 is 2.54 bits per heavy atom. The van der Waals surface area contributed by atoms with E-state index < -0.39 is 0 Å². The molecule has 0 atom stereocenters. The highest BCUT2D eigenvalue weighted by atomic mass is 16.5. The number of ether oxygens (including phenoxy) is 1. The molecule has 0 aliphatic heterocycles. The van der Waals surface area contributed by atoms with Crippen LogP contribution in [-0.4, -0.2) is 18.2 Å². The van der Waals surface area contributed by atoms with E-state index >= 15 is 0 Å². The van der Waals surface area contributed by atoms with E-state index in [9.17, 15) is 4.79 Å². The van der Waals surface area contributed by atoms with Crippen molar-refractivity contribution in [2.45, 2.75) is 45.4 Å². The summed E-state index contributed by atoms with van der Waals surface area (Å²) in [5.41, 5.74) is 7.33. The van der Waals surface area contributed by atoms with Crippen LogP contribution in [0.15, 0.2) is 53.6 Å². The lowest BCUT2D eigenvalue weighted by Crippen LogP contribution is -2.27. The Bertz CT molecular complexity index is 802. The highest BCUT2D eigenvalue weighted by molar-refractivity contribution is 6.03. The molecular formula is C22H26N2O2. The average Bonchev–Trinajstić information content (AvgIpc) is 2.64. The summed E-state index contributed by atoms with van der Waals surface area (Å²) < 4.78 is 5.56. The minimum absolute atomic E-state index is 0.0483. The van der Waals surface area contributed by atoms with Crippen molar-refractivity contribution in [3.8, 4) is 5.75 Å². The summed E-state index contributed by atoms with van der Waals surface area (Å²) in [6.07, 6.45) is 3.01. The summed E-state index contributed by atoms with van der Waals surface area (Å²) in [4.78, 5) is 12.1. The van der Waals surface area contributed by atoms with Crippen molar-refractivity contribution in [2.24, 2.45) is 5.10 Å². The number of fused-ring (bicyclic) bond motifs is 1. The van der Waals surface area contributed by atoms with Crippen molar-refractivity contribution >= 4 is 11.6 Å². The van der Waals surface area contributed by atoms with E-state index in [1.807, 2.05) is 36.4 Å². The molecule has 0 radical (unpaired) electrons. The number of carbonyl (C=O) groups is 1. The molecule has 1 aliphatic carbocycles. The van der Waals surface area contributed by atoms with E-state index in [2.05, 4.69) is 43.4 Å². The molecule has 0 aromatic heterocycles. The Morgan fingerprint density at radius 2 is 1.81 bits per heavy atom. The van der Waals surface area contributed by atoms with Crippen LogP contribution in [0, 0.1) is 0 Å². The fourth-order valence-corrected chi connectivity index (χ4v) is 3.08. The van der Waals surface area contributed by atoms with Crippen LogP contribution in [0.1, 0.15) is 50.3 Å². The molecule has 0 spiro atoms. The number of rotatable bonds is 4. The van der Waals surface area contributed by atoms with Gasteiger partial charge < -0.3 is 4.74 Å². The quantitative estimate of drug-likeness (QED) is 0.840. The van der Waals surface area contributed by atoms with Gasteiger partial charge in [-0.3, -0.25) is 4.79 Å². The van der Waals surface area contributed by atoms with E-state index in [1.165, 1.54) is 11.1 Å². The van der Waals surface area contributed by atoms with Crippen LogP contribution in [0.5, 0.6) is 5.75 Å². The zero-order valence-electron chi connectivity index (χ0n) is 15.7. The van der Waals surface area contributed by atoms with Crippen LogP contribution in [0.3, 0.4) is 0 Å². The minimum Gasteiger partial charge on any atom is -0.484 e. The number of aryl methyl sites for hydroxylation is 1. The Kier molecular flexibility index (Phi) is 5.40. The summed E-state index contributed by atoms with van der Waals surface area (Å²) in [6, 6.07) is 16.1. The van der Waals surface area contributed by atoms with E-state index in [0.717, 1.165) is 30.5 Å². The molecule has 1 aliphatic rings. The summed E-state index contributed by atoms with van der Waals surface area (Å²) in [6.45, 7) is 6.45. The number of nitrogens with one attached hydrogen (secondary N) is 1. The maximum atomic E-state index is 12.1. The zero-order chi connectivity index (χ0) is 18.6. The Labute approximate surface area is 155 Å². The summed E-state index contributed by atoms with van der Waals surface area (Å²) in [7, 11) is 0. The van der Waals surface area contributed by atoms with Crippen LogP contribution in [0.2, 0.25) is 0 Å². The fraction of sp³-hybridized carbons (Fsp3) is 0.364. The number of nitrogens with zero attached hydrogens (tertiary/aromatic N) is 1. The number of benzene rings is 2. The monoisotopic (exact) mass is 350 g/mol. The summed E-state index contributed by atoms with van der Waals surface area (Å²) in [5, 5.41) is 4.32. The van der Waals surface area contributed by atoms with Crippen molar-refractivity contribution in [2.75, 3.05) is 6.61 Å². The number of carbonyl (C=O) groups excluding carboxylic acids is 1. The first kappa shape index (κ1) is 18.2. The lowest BCUT2D eigenvalue weighted by Gasteiger charge is -2.19. The lowest BCUT2D eigenvalue weighted by atomic mass is 9.87. The van der Waals surface area contributed by atoms with Gasteiger partial charge in [-0.05, 0) is 47.9 Å². The first-order valence-corrected chi connectivity index (χ1v) is 9.10. The smallest absolute Gasteiger partial charge is 0.277 e. The maximum Gasteiger partial charge on any atom is 0.277 e. The summed E-state index contributed by atoms with van der Waals surface area (Å²) >= 11 is 0. The van der Waals surface area contributed by atoms with Crippen molar-refractivity contribution in [3.05, 3.63) is 65.2 Å². The largest absolute Gasteiger partial charge is 0.484 e. The number of amides is 1. The molecule has 2 aromatic rings. The van der Waals surface area contributed by atoms with Crippen LogP contribution in [0.25, 0.3) is 0 Å². The second-order valence-electron chi connectivity index (χ2n) is 7.67. The van der Waals surface area contributed by atoms with Crippen molar-refractivity contribution in [1.29, 1.82) is 0 Å². The highest BCUT2D eigenvalue weighted by Crippen LogP contribution is 2.24.